The predicted octanol–water partition coefficient (Wildman–Crippen LogP) is 8.60. The predicted molar refractivity (Wildman–Crippen MR) is 137 cm³/mol. The number of aliphatic imine (C=N–C) groups is 1. The minimum absolute atomic E-state index is 0.190. The van der Waals surface area contributed by atoms with Crippen molar-refractivity contribution in [2.75, 3.05) is 6.61 Å². The SMILES string of the molecule is CCCCCCCCCCCCOc1ccc(C=Nc2ccc3ccccc3c2)c(O)c1. The van der Waals surface area contributed by atoms with Gasteiger partial charge in [0, 0.05) is 17.8 Å². The molecular weight excluding hydrogens is 394 g/mol. The normalized spacial score (nSPS) is 11.4. The molecule has 0 saturated heterocycles. The van der Waals surface area contributed by atoms with E-state index >= 15 is 0 Å². The highest BCUT2D eigenvalue weighted by atomic mass is 16.5. The number of fused-ring (bicyclic) bond motifs is 1. The number of benzene rings is 3. The van der Waals surface area contributed by atoms with Crippen LogP contribution in [0.2, 0.25) is 0 Å². The van der Waals surface area contributed by atoms with Crippen LogP contribution >= 0.6 is 0 Å². The van der Waals surface area contributed by atoms with Crippen molar-refractivity contribution >= 4 is 22.7 Å². The molecule has 3 aromatic rings. The minimum atomic E-state index is 0.190. The molecule has 0 radical (unpaired) electrons. The van der Waals surface area contributed by atoms with Gasteiger partial charge in [0.15, 0.2) is 0 Å². The Hall–Kier alpha value is -2.81. The first-order valence-electron chi connectivity index (χ1n) is 12.2. The molecule has 3 rings (SSSR count). The van der Waals surface area contributed by atoms with E-state index in [1.165, 1.54) is 63.2 Å². The van der Waals surface area contributed by atoms with Crippen LogP contribution in [0.3, 0.4) is 0 Å². The fourth-order valence-electron chi connectivity index (χ4n) is 3.90. The largest absolute Gasteiger partial charge is 0.507 e. The molecule has 0 unspecified atom stereocenters. The van der Waals surface area contributed by atoms with Crippen LogP contribution in [0, 0.1) is 0 Å². The second kappa shape index (κ2) is 13.6. The molecule has 0 aromatic heterocycles. The van der Waals surface area contributed by atoms with Gasteiger partial charge in [0.25, 0.3) is 0 Å². The number of phenolic OH excluding ortho intramolecular Hbond substituents is 1. The molecule has 0 aliphatic rings. The Kier molecular flexibility index (Phi) is 10.1. The molecule has 0 saturated carbocycles. The van der Waals surface area contributed by atoms with Gasteiger partial charge >= 0.3 is 0 Å². The fraction of sp³-hybridized carbons (Fsp3) is 0.414. The van der Waals surface area contributed by atoms with E-state index in [4.69, 9.17) is 4.74 Å². The average molecular weight is 432 g/mol. The second-order valence-corrected chi connectivity index (χ2v) is 8.54. The van der Waals surface area contributed by atoms with E-state index < -0.39 is 0 Å². The van der Waals surface area contributed by atoms with Gasteiger partial charge in [-0.25, -0.2) is 0 Å². The zero-order valence-electron chi connectivity index (χ0n) is 19.4. The second-order valence-electron chi connectivity index (χ2n) is 8.54. The first kappa shape index (κ1) is 23.8. The highest BCUT2D eigenvalue weighted by molar-refractivity contribution is 5.89. The Morgan fingerprint density at radius 1 is 0.750 bits per heavy atom. The Morgan fingerprint density at radius 2 is 1.44 bits per heavy atom. The summed E-state index contributed by atoms with van der Waals surface area (Å²) in [6.07, 6.45) is 14.8. The first-order valence-corrected chi connectivity index (χ1v) is 12.2. The summed E-state index contributed by atoms with van der Waals surface area (Å²) >= 11 is 0. The third kappa shape index (κ3) is 8.03. The Balaban J connectivity index is 1.37. The minimum Gasteiger partial charge on any atom is -0.507 e. The summed E-state index contributed by atoms with van der Waals surface area (Å²) in [6, 6.07) is 19.7. The van der Waals surface area contributed by atoms with Crippen LogP contribution in [-0.4, -0.2) is 17.9 Å². The standard InChI is InChI=1S/C29H37NO2/c1-2-3-4-5-6-7-8-9-10-13-20-32-28-19-17-26(29(31)22-28)23-30-27-18-16-24-14-11-12-15-25(24)21-27/h11-12,14-19,21-23,31H,2-10,13,20H2,1H3. The lowest BCUT2D eigenvalue weighted by molar-refractivity contribution is 0.302. The van der Waals surface area contributed by atoms with Gasteiger partial charge in [-0.05, 0) is 41.5 Å². The van der Waals surface area contributed by atoms with Crippen LogP contribution in [0.25, 0.3) is 10.8 Å². The lowest BCUT2D eigenvalue weighted by Gasteiger charge is -2.08. The molecule has 0 heterocycles. The van der Waals surface area contributed by atoms with Gasteiger partial charge < -0.3 is 9.84 Å². The number of nitrogens with zero attached hydrogens (tertiary/aromatic N) is 1. The van der Waals surface area contributed by atoms with Gasteiger partial charge in [-0.2, -0.15) is 0 Å². The number of phenols is 1. The fourth-order valence-corrected chi connectivity index (χ4v) is 3.90. The van der Waals surface area contributed by atoms with Crippen molar-refractivity contribution in [1.82, 2.24) is 0 Å². The van der Waals surface area contributed by atoms with Crippen LogP contribution in [-0.2, 0) is 0 Å². The van der Waals surface area contributed by atoms with Crippen LogP contribution < -0.4 is 4.74 Å². The third-order valence-corrected chi connectivity index (χ3v) is 5.85. The summed E-state index contributed by atoms with van der Waals surface area (Å²) in [7, 11) is 0. The zero-order valence-corrected chi connectivity index (χ0v) is 19.4. The summed E-state index contributed by atoms with van der Waals surface area (Å²) in [6.45, 7) is 2.96. The quantitative estimate of drug-likeness (QED) is 0.205. The van der Waals surface area contributed by atoms with Gasteiger partial charge in [0.1, 0.15) is 11.5 Å². The number of ether oxygens (including phenoxy) is 1. The van der Waals surface area contributed by atoms with Crippen molar-refractivity contribution in [3.63, 3.8) is 0 Å². The molecule has 1 N–H and O–H groups in total. The smallest absolute Gasteiger partial charge is 0.128 e. The van der Waals surface area contributed by atoms with Gasteiger partial charge in [0.2, 0.25) is 0 Å². The monoisotopic (exact) mass is 431 g/mol. The molecule has 0 aliphatic carbocycles. The third-order valence-electron chi connectivity index (χ3n) is 5.85. The van der Waals surface area contributed by atoms with E-state index in [1.807, 2.05) is 36.4 Å². The molecular formula is C29H37NO2. The van der Waals surface area contributed by atoms with E-state index in [1.54, 1.807) is 12.3 Å². The summed E-state index contributed by atoms with van der Waals surface area (Å²) < 4.78 is 5.82. The molecule has 0 amide bonds. The molecule has 0 aliphatic heterocycles. The molecule has 170 valence electrons. The maximum absolute atomic E-state index is 10.3. The van der Waals surface area contributed by atoms with E-state index in [-0.39, 0.29) is 5.75 Å². The van der Waals surface area contributed by atoms with Gasteiger partial charge in [-0.3, -0.25) is 4.99 Å². The van der Waals surface area contributed by atoms with Crippen LogP contribution in [0.15, 0.2) is 65.7 Å². The van der Waals surface area contributed by atoms with Gasteiger partial charge in [-0.1, -0.05) is 95.0 Å². The Bertz CT molecular complexity index is 980. The number of aromatic hydroxyl groups is 1. The highest BCUT2D eigenvalue weighted by Gasteiger charge is 2.02. The van der Waals surface area contributed by atoms with Crippen molar-refractivity contribution < 1.29 is 9.84 Å². The maximum atomic E-state index is 10.3. The average Bonchev–Trinajstić information content (AvgIpc) is 2.82. The molecule has 0 atom stereocenters. The van der Waals surface area contributed by atoms with Crippen molar-refractivity contribution in [3.05, 3.63) is 66.2 Å². The van der Waals surface area contributed by atoms with Gasteiger partial charge in [0.05, 0.1) is 12.3 Å². The topological polar surface area (TPSA) is 41.8 Å². The van der Waals surface area contributed by atoms with Crippen molar-refractivity contribution in [2.45, 2.75) is 71.1 Å². The molecule has 0 fully saturated rings. The molecule has 0 bridgehead atoms. The lowest BCUT2D eigenvalue weighted by Crippen LogP contribution is -1.97. The van der Waals surface area contributed by atoms with E-state index in [0.29, 0.717) is 17.9 Å². The van der Waals surface area contributed by atoms with Crippen molar-refractivity contribution in [3.8, 4) is 11.5 Å². The highest BCUT2D eigenvalue weighted by Crippen LogP contribution is 2.25. The van der Waals surface area contributed by atoms with E-state index in [0.717, 1.165) is 17.5 Å². The number of unbranched alkanes of at least 4 members (excludes halogenated alkanes) is 9. The molecule has 32 heavy (non-hydrogen) atoms. The lowest BCUT2D eigenvalue weighted by atomic mass is 10.1. The van der Waals surface area contributed by atoms with E-state index in [9.17, 15) is 5.11 Å². The van der Waals surface area contributed by atoms with Gasteiger partial charge in [-0.15, -0.1) is 0 Å². The summed E-state index contributed by atoms with van der Waals surface area (Å²) in [5, 5.41) is 12.7. The number of rotatable bonds is 14. The number of hydrogen-bond donors (Lipinski definition) is 1. The van der Waals surface area contributed by atoms with Crippen LogP contribution in [0.1, 0.15) is 76.7 Å². The van der Waals surface area contributed by atoms with Crippen LogP contribution in [0.5, 0.6) is 11.5 Å². The maximum Gasteiger partial charge on any atom is 0.128 e. The van der Waals surface area contributed by atoms with E-state index in [2.05, 4.69) is 30.1 Å². The first-order chi connectivity index (χ1) is 15.8. The zero-order chi connectivity index (χ0) is 22.4. The van der Waals surface area contributed by atoms with Crippen LogP contribution in [0.4, 0.5) is 5.69 Å². The molecule has 3 aromatic carbocycles. The number of hydrogen-bond acceptors (Lipinski definition) is 3. The molecule has 3 heteroatoms. The Morgan fingerprint density at radius 3 is 2.16 bits per heavy atom. The summed E-state index contributed by atoms with van der Waals surface area (Å²) in [5.74, 6) is 0.899. The Labute approximate surface area is 193 Å². The van der Waals surface area contributed by atoms with Crippen molar-refractivity contribution in [1.29, 1.82) is 0 Å². The molecule has 0 spiro atoms. The summed E-state index contributed by atoms with van der Waals surface area (Å²) in [5.41, 5.74) is 1.55. The van der Waals surface area contributed by atoms with Crippen molar-refractivity contribution in [2.24, 2.45) is 4.99 Å². The molecule has 3 nitrogen and oxygen atoms in total. The summed E-state index contributed by atoms with van der Waals surface area (Å²) in [4.78, 5) is 4.52.